The predicted molar refractivity (Wildman–Crippen MR) is 103 cm³/mol. The minimum absolute atomic E-state index is 0.213. The van der Waals surface area contributed by atoms with Crippen LogP contribution in [0.2, 0.25) is 0 Å². The van der Waals surface area contributed by atoms with E-state index >= 15 is 0 Å². The third-order valence-corrected chi connectivity index (χ3v) is 4.78. The molecule has 1 aliphatic heterocycles. The van der Waals surface area contributed by atoms with Crippen LogP contribution < -0.4 is 9.80 Å². The third-order valence-electron chi connectivity index (χ3n) is 4.78. The summed E-state index contributed by atoms with van der Waals surface area (Å²) in [5, 5.41) is 13.9. The maximum absolute atomic E-state index is 9.79. The summed E-state index contributed by atoms with van der Waals surface area (Å²) in [5.41, 5.74) is -0.213. The van der Waals surface area contributed by atoms with Gasteiger partial charge in [0.05, 0.1) is 5.54 Å². The molecule has 146 valence electrons. The van der Waals surface area contributed by atoms with E-state index < -0.39 is 6.10 Å². The van der Waals surface area contributed by atoms with Crippen molar-refractivity contribution >= 4 is 11.8 Å². The van der Waals surface area contributed by atoms with Crippen LogP contribution in [0.5, 0.6) is 0 Å². The van der Waals surface area contributed by atoms with Crippen LogP contribution in [0, 0.1) is 0 Å². The van der Waals surface area contributed by atoms with Crippen molar-refractivity contribution in [1.29, 1.82) is 0 Å². The van der Waals surface area contributed by atoms with Gasteiger partial charge in [0.15, 0.2) is 11.6 Å². The maximum atomic E-state index is 9.79. The fraction of sp³-hybridized carbons (Fsp3) is 0.444. The van der Waals surface area contributed by atoms with Crippen LogP contribution in [0.1, 0.15) is 32.7 Å². The highest BCUT2D eigenvalue weighted by atomic mass is 16.3. The van der Waals surface area contributed by atoms with E-state index in [2.05, 4.69) is 53.7 Å². The predicted octanol–water partition coefficient (Wildman–Crippen LogP) is 1.01. The lowest BCUT2D eigenvalue weighted by molar-refractivity contribution is 0.188. The second-order valence-electron chi connectivity index (χ2n) is 7.39. The van der Waals surface area contributed by atoms with Crippen LogP contribution >= 0.6 is 0 Å². The molecule has 28 heavy (non-hydrogen) atoms. The lowest BCUT2D eigenvalue weighted by Crippen LogP contribution is -2.60. The van der Waals surface area contributed by atoms with Crippen LogP contribution in [-0.2, 0) is 0 Å². The number of hydrogen-bond acceptors (Lipinski definition) is 9. The molecular weight excluding hydrogens is 358 g/mol. The maximum Gasteiger partial charge on any atom is 0.227 e. The Hall–Kier alpha value is -3.14. The van der Waals surface area contributed by atoms with E-state index in [0.29, 0.717) is 17.6 Å². The van der Waals surface area contributed by atoms with Crippen molar-refractivity contribution in [3.8, 4) is 5.82 Å². The summed E-state index contributed by atoms with van der Waals surface area (Å²) in [5.74, 6) is 2.58. The molecule has 0 aliphatic carbocycles. The normalized spacial score (nSPS) is 17.6. The monoisotopic (exact) mass is 381 g/mol. The molecule has 1 atom stereocenters. The molecule has 1 saturated heterocycles. The zero-order chi connectivity index (χ0) is 19.7. The van der Waals surface area contributed by atoms with Crippen LogP contribution in [0.15, 0.2) is 37.2 Å². The van der Waals surface area contributed by atoms with Gasteiger partial charge in [-0.15, -0.1) is 0 Å². The fourth-order valence-corrected chi connectivity index (χ4v) is 3.41. The largest absolute Gasteiger partial charge is 0.385 e. The highest BCUT2D eigenvalue weighted by Crippen LogP contribution is 2.28. The summed E-state index contributed by atoms with van der Waals surface area (Å²) >= 11 is 0. The Bertz CT molecular complexity index is 942. The second-order valence-corrected chi connectivity index (χ2v) is 7.39. The number of aliphatic hydroxyl groups is 1. The number of piperazine rings is 1. The molecule has 0 saturated carbocycles. The van der Waals surface area contributed by atoms with Crippen molar-refractivity contribution in [1.82, 2.24) is 34.7 Å². The Morgan fingerprint density at radius 2 is 1.86 bits per heavy atom. The first-order valence-electron chi connectivity index (χ1n) is 9.16. The molecule has 10 heteroatoms. The van der Waals surface area contributed by atoms with Gasteiger partial charge in [-0.2, -0.15) is 10.1 Å². The van der Waals surface area contributed by atoms with Gasteiger partial charge in [0, 0.05) is 38.1 Å². The van der Waals surface area contributed by atoms with Crippen molar-refractivity contribution in [2.45, 2.75) is 32.4 Å². The second kappa shape index (κ2) is 7.12. The summed E-state index contributed by atoms with van der Waals surface area (Å²) in [6.45, 7) is 8.21. The van der Waals surface area contributed by atoms with Crippen molar-refractivity contribution < 1.29 is 5.11 Å². The van der Waals surface area contributed by atoms with Crippen LogP contribution in [0.3, 0.4) is 0 Å². The molecule has 3 aromatic heterocycles. The molecule has 3 aromatic rings. The average molecular weight is 381 g/mol. The molecular formula is C18H23N9O. The van der Waals surface area contributed by atoms with E-state index in [1.165, 1.54) is 6.33 Å². The molecule has 1 N–H and O–H groups in total. The minimum atomic E-state index is -0.697. The number of anilines is 2. The quantitative estimate of drug-likeness (QED) is 0.708. The zero-order valence-corrected chi connectivity index (χ0v) is 16.1. The SMILES string of the molecule is CC(O)c1nccc(N2CCN(c3nccc(-n4cncn4)n3)CC2(C)C)n1. The van der Waals surface area contributed by atoms with Gasteiger partial charge < -0.3 is 14.9 Å². The van der Waals surface area contributed by atoms with Gasteiger partial charge in [-0.25, -0.2) is 24.6 Å². The smallest absolute Gasteiger partial charge is 0.227 e. The van der Waals surface area contributed by atoms with Gasteiger partial charge in [0.2, 0.25) is 5.95 Å². The van der Waals surface area contributed by atoms with Gasteiger partial charge in [0.25, 0.3) is 0 Å². The minimum Gasteiger partial charge on any atom is -0.385 e. The molecule has 0 bridgehead atoms. The number of nitrogens with zero attached hydrogens (tertiary/aromatic N) is 9. The van der Waals surface area contributed by atoms with E-state index in [9.17, 15) is 5.11 Å². The van der Waals surface area contributed by atoms with E-state index in [1.54, 1.807) is 36.4 Å². The van der Waals surface area contributed by atoms with Gasteiger partial charge in [-0.1, -0.05) is 0 Å². The molecule has 1 fully saturated rings. The molecule has 10 nitrogen and oxygen atoms in total. The lowest BCUT2D eigenvalue weighted by Gasteiger charge is -2.47. The Labute approximate surface area is 162 Å². The summed E-state index contributed by atoms with van der Waals surface area (Å²) in [6, 6.07) is 3.68. The Kier molecular flexibility index (Phi) is 4.63. The molecule has 0 amide bonds. The summed E-state index contributed by atoms with van der Waals surface area (Å²) < 4.78 is 1.62. The fourth-order valence-electron chi connectivity index (χ4n) is 3.41. The first kappa shape index (κ1) is 18.2. The Morgan fingerprint density at radius 3 is 2.57 bits per heavy atom. The lowest BCUT2D eigenvalue weighted by atomic mass is 9.99. The number of aliphatic hydroxyl groups excluding tert-OH is 1. The van der Waals surface area contributed by atoms with E-state index in [0.717, 1.165) is 25.5 Å². The highest BCUT2D eigenvalue weighted by Gasteiger charge is 2.35. The van der Waals surface area contributed by atoms with Gasteiger partial charge in [-0.3, -0.25) is 0 Å². The van der Waals surface area contributed by atoms with Crippen molar-refractivity contribution in [3.05, 3.63) is 43.0 Å². The average Bonchev–Trinajstić information content (AvgIpc) is 3.22. The van der Waals surface area contributed by atoms with Gasteiger partial charge in [0.1, 0.15) is 24.6 Å². The van der Waals surface area contributed by atoms with Crippen molar-refractivity contribution in [2.24, 2.45) is 0 Å². The molecule has 1 aliphatic rings. The van der Waals surface area contributed by atoms with Gasteiger partial charge in [-0.05, 0) is 26.8 Å². The molecule has 0 aromatic carbocycles. The van der Waals surface area contributed by atoms with Crippen LogP contribution in [-0.4, -0.2) is 65.0 Å². The summed E-state index contributed by atoms with van der Waals surface area (Å²) in [4.78, 5) is 26.1. The van der Waals surface area contributed by atoms with Crippen LogP contribution in [0.4, 0.5) is 11.8 Å². The van der Waals surface area contributed by atoms with E-state index in [-0.39, 0.29) is 5.54 Å². The van der Waals surface area contributed by atoms with E-state index in [1.807, 2.05) is 6.07 Å². The Morgan fingerprint density at radius 1 is 1.07 bits per heavy atom. The molecule has 1 unspecified atom stereocenters. The standard InChI is InChI=1S/C18H23N9O/c1-13(28)16-20-6-4-14(23-16)26-9-8-25(10-18(26,2)3)17-21-7-5-15(24-17)27-12-19-11-22-27/h4-7,11-13,28H,8-10H2,1-3H3. The molecule has 0 radical (unpaired) electrons. The van der Waals surface area contributed by atoms with Gasteiger partial charge >= 0.3 is 0 Å². The molecule has 0 spiro atoms. The molecule has 4 rings (SSSR count). The summed E-state index contributed by atoms with van der Waals surface area (Å²) in [6.07, 6.45) is 5.82. The number of hydrogen-bond donors (Lipinski definition) is 1. The van der Waals surface area contributed by atoms with Crippen molar-refractivity contribution in [2.75, 3.05) is 29.4 Å². The third kappa shape index (κ3) is 3.50. The van der Waals surface area contributed by atoms with Crippen LogP contribution in [0.25, 0.3) is 5.82 Å². The molecule has 4 heterocycles. The first-order chi connectivity index (χ1) is 13.4. The first-order valence-corrected chi connectivity index (χ1v) is 9.16. The zero-order valence-electron chi connectivity index (χ0n) is 16.1. The number of aromatic nitrogens is 7. The highest BCUT2D eigenvalue weighted by molar-refractivity contribution is 5.46. The Balaban J connectivity index is 1.56. The van der Waals surface area contributed by atoms with Crippen molar-refractivity contribution in [3.63, 3.8) is 0 Å². The van der Waals surface area contributed by atoms with E-state index in [4.69, 9.17) is 0 Å². The summed E-state index contributed by atoms with van der Waals surface area (Å²) in [7, 11) is 0. The topological polar surface area (TPSA) is 109 Å². The number of rotatable bonds is 4.